The van der Waals surface area contributed by atoms with Crippen LogP contribution in [-0.4, -0.2) is 35.5 Å². The maximum Gasteiger partial charge on any atom is 0.255 e. The number of carbonyl (C=O) groups is 1. The van der Waals surface area contributed by atoms with Gasteiger partial charge in [-0.1, -0.05) is 30.7 Å². The fourth-order valence-electron chi connectivity index (χ4n) is 3.24. The Morgan fingerprint density at radius 2 is 1.76 bits per heavy atom. The maximum atomic E-state index is 12.3. The van der Waals surface area contributed by atoms with Crippen molar-refractivity contribution < 1.29 is 9.90 Å². The molecule has 2 N–H and O–H groups in total. The van der Waals surface area contributed by atoms with Gasteiger partial charge in [-0.05, 0) is 67.7 Å². The van der Waals surface area contributed by atoms with E-state index in [9.17, 15) is 9.90 Å². The van der Waals surface area contributed by atoms with Gasteiger partial charge >= 0.3 is 0 Å². The van der Waals surface area contributed by atoms with Crippen LogP contribution in [0.1, 0.15) is 40.7 Å². The molecule has 0 atom stereocenters. The van der Waals surface area contributed by atoms with Gasteiger partial charge in [0.2, 0.25) is 0 Å². The van der Waals surface area contributed by atoms with Crippen LogP contribution in [0.5, 0.6) is 0 Å². The summed E-state index contributed by atoms with van der Waals surface area (Å²) in [6, 6.07) is 15.1. The van der Waals surface area contributed by atoms with Crippen molar-refractivity contribution in [3.05, 3.63) is 65.2 Å². The van der Waals surface area contributed by atoms with Crippen LogP contribution >= 0.6 is 0 Å². The summed E-state index contributed by atoms with van der Waals surface area (Å²) >= 11 is 0. The summed E-state index contributed by atoms with van der Waals surface area (Å²) in [4.78, 5) is 14.8. The second-order valence-electron chi connectivity index (χ2n) is 6.66. The lowest BCUT2D eigenvalue weighted by molar-refractivity contribution is 0.102. The third-order valence-corrected chi connectivity index (χ3v) is 4.75. The number of aliphatic hydroxyl groups excluding tert-OH is 1. The smallest absolute Gasteiger partial charge is 0.255 e. The highest BCUT2D eigenvalue weighted by Gasteiger charge is 2.10. The van der Waals surface area contributed by atoms with E-state index in [1.165, 1.54) is 37.9 Å². The number of piperidine rings is 1. The van der Waals surface area contributed by atoms with Crippen LogP contribution in [0.3, 0.4) is 0 Å². The van der Waals surface area contributed by atoms with Gasteiger partial charge in [-0.25, -0.2) is 0 Å². The Labute approximate surface area is 149 Å². The van der Waals surface area contributed by atoms with E-state index >= 15 is 0 Å². The molecule has 0 saturated carbocycles. The van der Waals surface area contributed by atoms with Gasteiger partial charge in [0.15, 0.2) is 0 Å². The molecule has 1 aliphatic heterocycles. The highest BCUT2D eigenvalue weighted by molar-refractivity contribution is 6.04. The Hall–Kier alpha value is -2.17. The van der Waals surface area contributed by atoms with Crippen molar-refractivity contribution in [3.63, 3.8) is 0 Å². The van der Waals surface area contributed by atoms with Gasteiger partial charge in [-0.15, -0.1) is 0 Å². The van der Waals surface area contributed by atoms with E-state index in [2.05, 4.69) is 22.3 Å². The Morgan fingerprint density at radius 1 is 1.00 bits per heavy atom. The molecule has 1 amide bonds. The van der Waals surface area contributed by atoms with Crippen molar-refractivity contribution in [3.8, 4) is 0 Å². The summed E-state index contributed by atoms with van der Waals surface area (Å²) in [5, 5.41) is 12.1. The first-order valence-corrected chi connectivity index (χ1v) is 9.07. The summed E-state index contributed by atoms with van der Waals surface area (Å²) in [5.74, 6) is -0.156. The first-order valence-electron chi connectivity index (χ1n) is 9.07. The number of hydrogen-bond acceptors (Lipinski definition) is 3. The van der Waals surface area contributed by atoms with Crippen molar-refractivity contribution in [2.24, 2.45) is 0 Å². The molecule has 1 saturated heterocycles. The van der Waals surface area contributed by atoms with E-state index in [-0.39, 0.29) is 12.5 Å². The van der Waals surface area contributed by atoms with Crippen molar-refractivity contribution in [2.45, 2.75) is 32.3 Å². The quantitative estimate of drug-likeness (QED) is 0.848. The van der Waals surface area contributed by atoms with Crippen molar-refractivity contribution in [2.75, 3.05) is 25.0 Å². The van der Waals surface area contributed by atoms with E-state index in [4.69, 9.17) is 0 Å². The molecule has 3 rings (SSSR count). The molecule has 1 aliphatic rings. The summed E-state index contributed by atoms with van der Waals surface area (Å²) in [6.45, 7) is 3.49. The summed E-state index contributed by atoms with van der Waals surface area (Å²) in [5.41, 5.74) is 3.38. The molecule has 2 aromatic rings. The van der Waals surface area contributed by atoms with Gasteiger partial charge < -0.3 is 15.3 Å². The lowest BCUT2D eigenvalue weighted by atomic mass is 10.1. The van der Waals surface area contributed by atoms with E-state index in [1.54, 1.807) is 24.3 Å². The molecule has 132 valence electrons. The summed E-state index contributed by atoms with van der Waals surface area (Å²) < 4.78 is 0. The minimum Gasteiger partial charge on any atom is -0.392 e. The van der Waals surface area contributed by atoms with Gasteiger partial charge in [-0.2, -0.15) is 0 Å². The highest BCUT2D eigenvalue weighted by atomic mass is 16.3. The molecule has 2 aromatic carbocycles. The number of likely N-dealkylation sites (tertiary alicyclic amines) is 1. The van der Waals surface area contributed by atoms with E-state index in [0.29, 0.717) is 5.56 Å². The molecule has 0 radical (unpaired) electrons. The van der Waals surface area contributed by atoms with Crippen LogP contribution in [0.4, 0.5) is 5.69 Å². The minimum atomic E-state index is -0.156. The molecular weight excluding hydrogens is 312 g/mol. The van der Waals surface area contributed by atoms with E-state index in [1.807, 2.05) is 12.1 Å². The molecule has 1 fully saturated rings. The Kier molecular flexibility index (Phi) is 6.20. The first-order chi connectivity index (χ1) is 12.2. The molecule has 0 bridgehead atoms. The second-order valence-corrected chi connectivity index (χ2v) is 6.66. The zero-order valence-electron chi connectivity index (χ0n) is 14.6. The Bertz CT molecular complexity index is 691. The van der Waals surface area contributed by atoms with Crippen molar-refractivity contribution in [1.29, 1.82) is 0 Å². The van der Waals surface area contributed by atoms with Gasteiger partial charge in [0.05, 0.1) is 6.61 Å². The zero-order chi connectivity index (χ0) is 17.5. The SMILES string of the molecule is O=C(Nc1ccc(CCN2CCCCC2)cc1)c1cccc(CO)c1. The highest BCUT2D eigenvalue weighted by Crippen LogP contribution is 2.14. The number of rotatable bonds is 6. The summed E-state index contributed by atoms with van der Waals surface area (Å²) in [6.07, 6.45) is 5.06. The number of nitrogens with one attached hydrogen (secondary N) is 1. The van der Waals surface area contributed by atoms with Crippen molar-refractivity contribution >= 4 is 11.6 Å². The largest absolute Gasteiger partial charge is 0.392 e. The van der Waals surface area contributed by atoms with Crippen LogP contribution in [0.15, 0.2) is 48.5 Å². The average Bonchev–Trinajstić information content (AvgIpc) is 2.68. The third-order valence-electron chi connectivity index (χ3n) is 4.75. The molecule has 4 heteroatoms. The molecular formula is C21H26N2O2. The van der Waals surface area contributed by atoms with Gasteiger partial charge in [-0.3, -0.25) is 4.79 Å². The molecule has 1 heterocycles. The first kappa shape index (κ1) is 17.6. The topological polar surface area (TPSA) is 52.6 Å². The predicted molar refractivity (Wildman–Crippen MR) is 101 cm³/mol. The Balaban J connectivity index is 1.53. The van der Waals surface area contributed by atoms with Gasteiger partial charge in [0.1, 0.15) is 0 Å². The van der Waals surface area contributed by atoms with E-state index < -0.39 is 0 Å². The van der Waals surface area contributed by atoms with Crippen LogP contribution in [0.2, 0.25) is 0 Å². The standard InChI is InChI=1S/C21H26N2O2/c24-16-18-5-4-6-19(15-18)21(25)22-20-9-7-17(8-10-20)11-14-23-12-2-1-3-13-23/h4-10,15,24H,1-3,11-14,16H2,(H,22,25). The maximum absolute atomic E-state index is 12.3. The number of hydrogen-bond donors (Lipinski definition) is 2. The fraction of sp³-hybridized carbons (Fsp3) is 0.381. The molecule has 25 heavy (non-hydrogen) atoms. The molecule has 0 spiro atoms. The van der Waals surface area contributed by atoms with E-state index in [0.717, 1.165) is 24.2 Å². The number of aliphatic hydroxyl groups is 1. The molecule has 0 aromatic heterocycles. The number of nitrogens with zero attached hydrogens (tertiary/aromatic N) is 1. The lowest BCUT2D eigenvalue weighted by Crippen LogP contribution is -2.31. The summed E-state index contributed by atoms with van der Waals surface area (Å²) in [7, 11) is 0. The number of carbonyl (C=O) groups excluding carboxylic acids is 1. The molecule has 0 unspecified atom stereocenters. The number of anilines is 1. The van der Waals surface area contributed by atoms with Crippen LogP contribution in [0.25, 0.3) is 0 Å². The van der Waals surface area contributed by atoms with Gasteiger partial charge in [0, 0.05) is 17.8 Å². The third kappa shape index (κ3) is 5.15. The molecule has 0 aliphatic carbocycles. The zero-order valence-corrected chi connectivity index (χ0v) is 14.6. The number of amides is 1. The van der Waals surface area contributed by atoms with Crippen molar-refractivity contribution in [1.82, 2.24) is 4.90 Å². The van der Waals surface area contributed by atoms with Crippen LogP contribution in [0, 0.1) is 0 Å². The fourth-order valence-corrected chi connectivity index (χ4v) is 3.24. The average molecular weight is 338 g/mol. The van der Waals surface area contributed by atoms with Gasteiger partial charge in [0.25, 0.3) is 5.91 Å². The second kappa shape index (κ2) is 8.79. The Morgan fingerprint density at radius 3 is 2.48 bits per heavy atom. The van der Waals surface area contributed by atoms with Crippen LogP contribution < -0.4 is 5.32 Å². The van der Waals surface area contributed by atoms with Crippen LogP contribution in [-0.2, 0) is 13.0 Å². The predicted octanol–water partition coefficient (Wildman–Crippen LogP) is 3.46. The molecule has 4 nitrogen and oxygen atoms in total. The number of benzene rings is 2. The monoisotopic (exact) mass is 338 g/mol. The minimum absolute atomic E-state index is 0.0627. The lowest BCUT2D eigenvalue weighted by Gasteiger charge is -2.26. The normalized spacial score (nSPS) is 15.1.